The first-order chi connectivity index (χ1) is 13.9. The van der Waals surface area contributed by atoms with Gasteiger partial charge in [0.1, 0.15) is 11.7 Å². The van der Waals surface area contributed by atoms with Gasteiger partial charge in [0.2, 0.25) is 0 Å². The normalized spacial score (nSPS) is 42.9. The number of fused-ring (bicyclic) bond motifs is 5. The summed E-state index contributed by atoms with van der Waals surface area (Å²) in [4.78, 5) is 24.5. The summed E-state index contributed by atoms with van der Waals surface area (Å²) in [5.74, 6) is 3.66. The molecule has 1 N–H and O–H groups in total. The van der Waals surface area contributed by atoms with E-state index in [0.717, 1.165) is 44.1 Å². The van der Waals surface area contributed by atoms with Crippen molar-refractivity contribution < 1.29 is 19.4 Å². The molecule has 156 valence electrons. The number of esters is 1. The molecule has 0 aromatic rings. The van der Waals surface area contributed by atoms with Crippen LogP contribution in [0.3, 0.4) is 0 Å². The Morgan fingerprint density at radius 2 is 2.14 bits per heavy atom. The Morgan fingerprint density at radius 3 is 2.83 bits per heavy atom. The summed E-state index contributed by atoms with van der Waals surface area (Å²) in [6.45, 7) is 4.09. The number of carbonyl (C=O) groups is 2. The second-order valence-electron chi connectivity index (χ2n) is 9.40. The van der Waals surface area contributed by atoms with Crippen LogP contribution in [0.4, 0.5) is 0 Å². The predicted octanol–water partition coefficient (Wildman–Crippen LogP) is 3.98. The van der Waals surface area contributed by atoms with Crippen LogP contribution in [0.15, 0.2) is 23.8 Å². The zero-order valence-corrected chi connectivity index (χ0v) is 17.5. The van der Waals surface area contributed by atoms with E-state index in [1.165, 1.54) is 0 Å². The second kappa shape index (κ2) is 7.43. The van der Waals surface area contributed by atoms with Crippen molar-refractivity contribution in [2.75, 3.05) is 0 Å². The van der Waals surface area contributed by atoms with Gasteiger partial charge in [0.25, 0.3) is 0 Å². The fourth-order valence-corrected chi connectivity index (χ4v) is 6.97. The van der Waals surface area contributed by atoms with Crippen molar-refractivity contribution in [3.8, 4) is 12.3 Å². The van der Waals surface area contributed by atoms with Crippen LogP contribution in [0, 0.1) is 41.4 Å². The molecular formula is C25H32O4. The number of hydrogen-bond donors (Lipinski definition) is 1. The molecule has 4 rings (SSSR count). The average molecular weight is 397 g/mol. The Bertz CT molecular complexity index is 802. The molecule has 0 amide bonds. The molecule has 4 nitrogen and oxygen atoms in total. The molecule has 0 unspecified atom stereocenters. The van der Waals surface area contributed by atoms with Crippen LogP contribution in [-0.4, -0.2) is 28.6 Å². The van der Waals surface area contributed by atoms with Crippen molar-refractivity contribution in [3.63, 3.8) is 0 Å². The molecule has 29 heavy (non-hydrogen) atoms. The van der Waals surface area contributed by atoms with Gasteiger partial charge in [-0.05, 0) is 68.4 Å². The smallest absolute Gasteiger partial charge is 0.306 e. The highest BCUT2D eigenvalue weighted by Crippen LogP contribution is 2.63. The Hall–Kier alpha value is -1.86. The summed E-state index contributed by atoms with van der Waals surface area (Å²) >= 11 is 0. The van der Waals surface area contributed by atoms with E-state index in [1.807, 2.05) is 19.1 Å². The maximum atomic E-state index is 12.3. The Labute approximate surface area is 173 Å². The Balaban J connectivity index is 1.65. The summed E-state index contributed by atoms with van der Waals surface area (Å²) in [5, 5.41) is 11.2. The van der Waals surface area contributed by atoms with E-state index in [9.17, 15) is 14.7 Å². The molecule has 4 aliphatic carbocycles. The van der Waals surface area contributed by atoms with Gasteiger partial charge in [-0.2, -0.15) is 0 Å². The van der Waals surface area contributed by atoms with Gasteiger partial charge in [0.05, 0.1) is 0 Å². The molecule has 4 heteroatoms. The van der Waals surface area contributed by atoms with Gasteiger partial charge in [-0.3, -0.25) is 9.59 Å². The lowest BCUT2D eigenvalue weighted by atomic mass is 9.49. The Kier molecular flexibility index (Phi) is 5.23. The van der Waals surface area contributed by atoms with Crippen LogP contribution in [-0.2, 0) is 14.3 Å². The summed E-state index contributed by atoms with van der Waals surface area (Å²) in [6.07, 6.45) is 17.2. The quantitative estimate of drug-likeness (QED) is 0.443. The number of aliphatic hydroxyl groups is 1. The average Bonchev–Trinajstić information content (AvgIpc) is 3.01. The molecule has 7 atom stereocenters. The van der Waals surface area contributed by atoms with E-state index < -0.39 is 5.60 Å². The van der Waals surface area contributed by atoms with Crippen molar-refractivity contribution >= 4 is 11.8 Å². The fraction of sp³-hybridized carbons (Fsp3) is 0.680. The zero-order chi connectivity index (χ0) is 20.8. The molecule has 0 radical (unpaired) electrons. The lowest BCUT2D eigenvalue weighted by Crippen LogP contribution is -2.55. The molecule has 0 heterocycles. The predicted molar refractivity (Wildman–Crippen MR) is 111 cm³/mol. The van der Waals surface area contributed by atoms with Crippen LogP contribution >= 0.6 is 0 Å². The zero-order valence-electron chi connectivity index (χ0n) is 17.5. The van der Waals surface area contributed by atoms with Gasteiger partial charge in [-0.25, -0.2) is 0 Å². The molecule has 0 aromatic carbocycles. The monoisotopic (exact) mass is 396 g/mol. The minimum atomic E-state index is -1.18. The fourth-order valence-electron chi connectivity index (χ4n) is 6.97. The van der Waals surface area contributed by atoms with Gasteiger partial charge in [-0.15, -0.1) is 6.42 Å². The van der Waals surface area contributed by atoms with E-state index in [-0.39, 0.29) is 35.1 Å². The first-order valence-electron chi connectivity index (χ1n) is 11.2. The minimum Gasteiger partial charge on any atom is -0.461 e. The van der Waals surface area contributed by atoms with E-state index >= 15 is 0 Å². The molecule has 0 aliphatic heterocycles. The van der Waals surface area contributed by atoms with Crippen molar-refractivity contribution in [3.05, 3.63) is 23.8 Å². The number of terminal acetylenes is 1. The largest absolute Gasteiger partial charge is 0.461 e. The van der Waals surface area contributed by atoms with Gasteiger partial charge in [0, 0.05) is 24.2 Å². The van der Waals surface area contributed by atoms with Crippen LogP contribution in [0.1, 0.15) is 65.2 Å². The number of allylic oxidation sites excluding steroid dienone is 2. The highest BCUT2D eigenvalue weighted by Gasteiger charge is 2.62. The summed E-state index contributed by atoms with van der Waals surface area (Å²) in [6, 6.07) is 0. The molecule has 2 saturated carbocycles. The van der Waals surface area contributed by atoms with E-state index in [1.54, 1.807) is 0 Å². The number of rotatable bonds is 4. The third-order valence-corrected chi connectivity index (χ3v) is 8.27. The van der Waals surface area contributed by atoms with Gasteiger partial charge >= 0.3 is 5.97 Å². The van der Waals surface area contributed by atoms with Crippen molar-refractivity contribution in [1.29, 1.82) is 0 Å². The summed E-state index contributed by atoms with van der Waals surface area (Å²) < 4.78 is 5.85. The SMILES string of the molecule is C#C[C@]1(O)C=C[C@H]2[C@@H]3CCC4=CC(=O)C[C@H](OC(=O)CCC)[C@@H]4[C@H]3CC[C@@]21CC. The van der Waals surface area contributed by atoms with Crippen LogP contribution < -0.4 is 0 Å². The molecule has 0 spiro atoms. The lowest BCUT2D eigenvalue weighted by Gasteiger charge is -2.56. The molecule has 0 aromatic heterocycles. The molecule has 0 bridgehead atoms. The summed E-state index contributed by atoms with van der Waals surface area (Å²) in [7, 11) is 0. The number of ether oxygens (including phenoxy) is 1. The topological polar surface area (TPSA) is 63.6 Å². The molecule has 0 saturated heterocycles. The highest BCUT2D eigenvalue weighted by molar-refractivity contribution is 5.92. The highest BCUT2D eigenvalue weighted by atomic mass is 16.5. The summed E-state index contributed by atoms with van der Waals surface area (Å²) in [5.41, 5.74) is -0.318. The van der Waals surface area contributed by atoms with E-state index in [0.29, 0.717) is 24.7 Å². The molecule has 2 fully saturated rings. The van der Waals surface area contributed by atoms with Crippen LogP contribution in [0.25, 0.3) is 0 Å². The Morgan fingerprint density at radius 1 is 1.34 bits per heavy atom. The maximum Gasteiger partial charge on any atom is 0.306 e. The lowest BCUT2D eigenvalue weighted by molar-refractivity contribution is -0.157. The van der Waals surface area contributed by atoms with Crippen molar-refractivity contribution in [1.82, 2.24) is 0 Å². The van der Waals surface area contributed by atoms with E-state index in [4.69, 9.17) is 11.2 Å². The first-order valence-corrected chi connectivity index (χ1v) is 11.2. The maximum absolute atomic E-state index is 12.3. The molecule has 4 aliphatic rings. The third-order valence-electron chi connectivity index (χ3n) is 8.27. The minimum absolute atomic E-state index is 0.0742. The number of hydrogen-bond acceptors (Lipinski definition) is 4. The van der Waals surface area contributed by atoms with Gasteiger partial charge in [0.15, 0.2) is 5.78 Å². The standard InChI is InChI=1S/C25H32O4/c1-4-7-22(27)29-21-15-17(26)14-16-8-9-18-19(23(16)21)10-12-24(5-2)20(18)11-13-25(24,28)6-3/h3,11,13-14,18-21,23,28H,4-5,7-10,12,15H2,1-2H3/t18-,19+,20+,21+,23+,24+,25+/m1/s1. The van der Waals surface area contributed by atoms with Gasteiger partial charge in [-0.1, -0.05) is 31.4 Å². The van der Waals surface area contributed by atoms with E-state index in [2.05, 4.69) is 18.9 Å². The molecular weight excluding hydrogens is 364 g/mol. The van der Waals surface area contributed by atoms with Crippen molar-refractivity contribution in [2.45, 2.75) is 76.9 Å². The van der Waals surface area contributed by atoms with Crippen molar-refractivity contribution in [2.24, 2.45) is 29.1 Å². The third kappa shape index (κ3) is 3.01. The second-order valence-corrected chi connectivity index (χ2v) is 9.40. The van der Waals surface area contributed by atoms with Crippen LogP contribution in [0.2, 0.25) is 0 Å². The van der Waals surface area contributed by atoms with Gasteiger partial charge < -0.3 is 9.84 Å². The number of carbonyl (C=O) groups excluding carboxylic acids is 2. The van der Waals surface area contributed by atoms with Crippen LogP contribution in [0.5, 0.6) is 0 Å². The first kappa shape index (κ1) is 20.4. The number of ketones is 1.